The Hall–Kier alpha value is -3.22. The second-order valence-electron chi connectivity index (χ2n) is 5.18. The van der Waals surface area contributed by atoms with Gasteiger partial charge in [0.1, 0.15) is 5.69 Å². The van der Waals surface area contributed by atoms with Crippen LogP contribution >= 0.6 is 0 Å². The van der Waals surface area contributed by atoms with Crippen molar-refractivity contribution in [2.24, 2.45) is 5.10 Å². The summed E-state index contributed by atoms with van der Waals surface area (Å²) in [5.74, 6) is -0.825. The van der Waals surface area contributed by atoms with E-state index in [0.29, 0.717) is 0 Å². The Morgan fingerprint density at radius 3 is 2.54 bits per heavy atom. The highest BCUT2D eigenvalue weighted by Crippen LogP contribution is 2.10. The Bertz CT molecular complexity index is 712. The predicted molar refractivity (Wildman–Crippen MR) is 93.1 cm³/mol. The Morgan fingerprint density at radius 2 is 1.92 bits per heavy atom. The molecule has 0 aliphatic carbocycles. The standard InChI is InChI=1S/C17H19N5O2/c1-22(2)14-8-6-13(7-9-14)11-20-21-16(23)12-19-17(24)15-5-3-4-10-18-15/h3-11H,12H2,1-2H3,(H,19,24)(H,21,23)/b20-11+. The molecule has 1 aromatic heterocycles. The van der Waals surface area contributed by atoms with Crippen molar-refractivity contribution in [1.82, 2.24) is 15.7 Å². The van der Waals surface area contributed by atoms with Gasteiger partial charge in [0.25, 0.3) is 11.8 Å². The van der Waals surface area contributed by atoms with Gasteiger partial charge in [0.15, 0.2) is 0 Å². The third-order valence-corrected chi connectivity index (χ3v) is 3.12. The molecule has 2 N–H and O–H groups in total. The van der Waals surface area contributed by atoms with Gasteiger partial charge >= 0.3 is 0 Å². The predicted octanol–water partition coefficient (Wildman–Crippen LogP) is 1.03. The summed E-state index contributed by atoms with van der Waals surface area (Å²) in [6.45, 7) is -0.174. The van der Waals surface area contributed by atoms with Crippen LogP contribution in [-0.4, -0.2) is 43.7 Å². The first-order chi connectivity index (χ1) is 11.6. The molecule has 2 amide bonds. The maximum atomic E-state index is 11.7. The molecule has 0 bridgehead atoms. The highest BCUT2D eigenvalue weighted by molar-refractivity contribution is 5.94. The van der Waals surface area contributed by atoms with Crippen molar-refractivity contribution in [1.29, 1.82) is 0 Å². The smallest absolute Gasteiger partial charge is 0.270 e. The molecule has 1 aromatic carbocycles. The molecule has 2 rings (SSSR count). The SMILES string of the molecule is CN(C)c1ccc(/C=N/NC(=O)CNC(=O)c2ccccn2)cc1. The van der Waals surface area contributed by atoms with E-state index in [4.69, 9.17) is 0 Å². The van der Waals surface area contributed by atoms with E-state index >= 15 is 0 Å². The van der Waals surface area contributed by atoms with Crippen molar-refractivity contribution < 1.29 is 9.59 Å². The molecule has 0 radical (unpaired) electrons. The van der Waals surface area contributed by atoms with Crippen molar-refractivity contribution in [2.75, 3.05) is 25.5 Å². The number of hydrazone groups is 1. The van der Waals surface area contributed by atoms with Gasteiger partial charge in [-0.05, 0) is 29.8 Å². The average molecular weight is 325 g/mol. The second-order valence-corrected chi connectivity index (χ2v) is 5.18. The first kappa shape index (κ1) is 17.1. The maximum absolute atomic E-state index is 11.7. The van der Waals surface area contributed by atoms with Crippen LogP contribution in [0.25, 0.3) is 0 Å². The van der Waals surface area contributed by atoms with Gasteiger partial charge in [-0.1, -0.05) is 18.2 Å². The second kappa shape index (κ2) is 8.42. The molecule has 24 heavy (non-hydrogen) atoms. The van der Waals surface area contributed by atoms with E-state index in [1.807, 2.05) is 43.3 Å². The number of amides is 2. The van der Waals surface area contributed by atoms with Gasteiger partial charge in [-0.3, -0.25) is 14.6 Å². The van der Waals surface area contributed by atoms with Crippen LogP contribution in [-0.2, 0) is 4.79 Å². The molecule has 1 heterocycles. The lowest BCUT2D eigenvalue weighted by Gasteiger charge is -2.11. The molecule has 7 heteroatoms. The molecule has 0 unspecified atom stereocenters. The minimum atomic E-state index is -0.416. The van der Waals surface area contributed by atoms with Crippen LogP contribution in [0.2, 0.25) is 0 Å². The summed E-state index contributed by atoms with van der Waals surface area (Å²) in [7, 11) is 3.92. The fourth-order valence-corrected chi connectivity index (χ4v) is 1.83. The first-order valence-corrected chi connectivity index (χ1v) is 7.35. The van der Waals surface area contributed by atoms with Crippen LogP contribution in [0.4, 0.5) is 5.69 Å². The van der Waals surface area contributed by atoms with Crippen molar-refractivity contribution in [3.63, 3.8) is 0 Å². The molecule has 0 fully saturated rings. The lowest BCUT2D eigenvalue weighted by atomic mass is 10.2. The molecule has 7 nitrogen and oxygen atoms in total. The van der Waals surface area contributed by atoms with Crippen LogP contribution in [0.3, 0.4) is 0 Å². The molecule has 0 aliphatic heterocycles. The zero-order valence-electron chi connectivity index (χ0n) is 13.6. The largest absolute Gasteiger partial charge is 0.378 e. The fourth-order valence-electron chi connectivity index (χ4n) is 1.83. The minimum absolute atomic E-state index is 0.174. The van der Waals surface area contributed by atoms with E-state index in [0.717, 1.165) is 11.3 Å². The van der Waals surface area contributed by atoms with Crippen LogP contribution in [0, 0.1) is 0 Å². The lowest BCUT2D eigenvalue weighted by molar-refractivity contribution is -0.120. The van der Waals surface area contributed by atoms with Crippen molar-refractivity contribution >= 4 is 23.7 Å². The zero-order chi connectivity index (χ0) is 17.4. The van der Waals surface area contributed by atoms with Gasteiger partial charge in [0.2, 0.25) is 0 Å². The zero-order valence-corrected chi connectivity index (χ0v) is 13.6. The summed E-state index contributed by atoms with van der Waals surface area (Å²) in [5, 5.41) is 6.34. The van der Waals surface area contributed by atoms with E-state index in [-0.39, 0.29) is 12.2 Å². The highest BCUT2D eigenvalue weighted by Gasteiger charge is 2.07. The van der Waals surface area contributed by atoms with Crippen molar-refractivity contribution in [3.8, 4) is 0 Å². The lowest BCUT2D eigenvalue weighted by Crippen LogP contribution is -2.35. The van der Waals surface area contributed by atoms with Gasteiger partial charge in [-0.25, -0.2) is 5.43 Å². The number of pyridine rings is 1. The number of carbonyl (C=O) groups is 2. The number of hydrogen-bond acceptors (Lipinski definition) is 5. The fraction of sp³-hybridized carbons (Fsp3) is 0.176. The number of hydrogen-bond donors (Lipinski definition) is 2. The van der Waals surface area contributed by atoms with E-state index in [9.17, 15) is 9.59 Å². The third-order valence-electron chi connectivity index (χ3n) is 3.12. The number of aromatic nitrogens is 1. The molecule has 0 atom stereocenters. The number of carbonyl (C=O) groups excluding carboxylic acids is 2. The minimum Gasteiger partial charge on any atom is -0.378 e. The summed E-state index contributed by atoms with van der Waals surface area (Å²) < 4.78 is 0. The van der Waals surface area contributed by atoms with E-state index < -0.39 is 11.8 Å². The quantitative estimate of drug-likeness (QED) is 0.613. The van der Waals surface area contributed by atoms with Crippen LogP contribution < -0.4 is 15.6 Å². The molecular formula is C17H19N5O2. The van der Waals surface area contributed by atoms with Gasteiger partial charge < -0.3 is 10.2 Å². The molecule has 0 aliphatic rings. The van der Waals surface area contributed by atoms with Crippen LogP contribution in [0.15, 0.2) is 53.8 Å². The van der Waals surface area contributed by atoms with Crippen molar-refractivity contribution in [2.45, 2.75) is 0 Å². The van der Waals surface area contributed by atoms with Gasteiger partial charge in [-0.2, -0.15) is 5.10 Å². The molecule has 2 aromatic rings. The number of anilines is 1. The normalized spacial score (nSPS) is 10.4. The number of benzene rings is 1. The summed E-state index contributed by atoms with van der Waals surface area (Å²) in [5.41, 5.74) is 4.56. The number of nitrogens with zero attached hydrogens (tertiary/aromatic N) is 3. The van der Waals surface area contributed by atoms with Gasteiger partial charge in [-0.15, -0.1) is 0 Å². The number of nitrogens with one attached hydrogen (secondary N) is 2. The summed E-state index contributed by atoms with van der Waals surface area (Å²) >= 11 is 0. The number of rotatable bonds is 6. The summed E-state index contributed by atoms with van der Waals surface area (Å²) in [6.07, 6.45) is 3.05. The first-order valence-electron chi connectivity index (χ1n) is 7.35. The molecule has 0 saturated carbocycles. The van der Waals surface area contributed by atoms with Crippen LogP contribution in [0.5, 0.6) is 0 Å². The molecule has 0 saturated heterocycles. The van der Waals surface area contributed by atoms with E-state index in [1.54, 1.807) is 18.2 Å². The Kier molecular flexibility index (Phi) is 6.01. The Morgan fingerprint density at radius 1 is 1.17 bits per heavy atom. The Balaban J connectivity index is 1.77. The van der Waals surface area contributed by atoms with E-state index in [1.165, 1.54) is 12.4 Å². The van der Waals surface area contributed by atoms with Crippen molar-refractivity contribution in [3.05, 3.63) is 59.9 Å². The van der Waals surface area contributed by atoms with Crippen LogP contribution in [0.1, 0.15) is 16.1 Å². The third kappa shape index (κ3) is 5.20. The van der Waals surface area contributed by atoms with E-state index in [2.05, 4.69) is 20.8 Å². The monoisotopic (exact) mass is 325 g/mol. The molecule has 0 spiro atoms. The molecular weight excluding hydrogens is 306 g/mol. The topological polar surface area (TPSA) is 86.7 Å². The summed E-state index contributed by atoms with van der Waals surface area (Å²) in [4.78, 5) is 29.3. The van der Waals surface area contributed by atoms with Gasteiger partial charge in [0, 0.05) is 26.0 Å². The summed E-state index contributed by atoms with van der Waals surface area (Å²) in [6, 6.07) is 12.7. The average Bonchev–Trinajstić information content (AvgIpc) is 2.61. The molecule has 124 valence electrons. The highest BCUT2D eigenvalue weighted by atomic mass is 16.2. The van der Waals surface area contributed by atoms with Gasteiger partial charge in [0.05, 0.1) is 12.8 Å². The Labute approximate surface area is 140 Å². The maximum Gasteiger partial charge on any atom is 0.270 e.